The Morgan fingerprint density at radius 2 is 1.72 bits per heavy atom. The molecule has 1 N–H and O–H groups in total. The molecule has 0 saturated carbocycles. The van der Waals surface area contributed by atoms with Crippen LogP contribution >= 0.6 is 23.2 Å². The highest BCUT2D eigenvalue weighted by Gasteiger charge is 2.07. The van der Waals surface area contributed by atoms with Crippen molar-refractivity contribution in [3.63, 3.8) is 0 Å². The van der Waals surface area contributed by atoms with Crippen LogP contribution in [0.5, 0.6) is 5.75 Å². The number of hydrogen-bond acceptors (Lipinski definition) is 4. The maximum Gasteiger partial charge on any atom is 0.338 e. The first-order chi connectivity index (χ1) is 14.1. The third kappa shape index (κ3) is 5.89. The van der Waals surface area contributed by atoms with Crippen LogP contribution in [0, 0.1) is 0 Å². The molecule has 6 heteroatoms. The highest BCUT2D eigenvalue weighted by Crippen LogP contribution is 2.25. The van der Waals surface area contributed by atoms with Crippen LogP contribution in [0.2, 0.25) is 10.0 Å². The Morgan fingerprint density at radius 1 is 0.966 bits per heavy atom. The summed E-state index contributed by atoms with van der Waals surface area (Å²) in [6.45, 7) is 3.12. The first-order valence-corrected chi connectivity index (χ1v) is 9.98. The average Bonchev–Trinajstić information content (AvgIpc) is 2.74. The van der Waals surface area contributed by atoms with Crippen molar-refractivity contribution < 1.29 is 14.3 Å². The Labute approximate surface area is 180 Å². The van der Waals surface area contributed by atoms with E-state index in [1.807, 2.05) is 42.5 Å². The summed E-state index contributed by atoms with van der Waals surface area (Å²) in [6.07, 6.45) is 0. The number of esters is 1. The van der Waals surface area contributed by atoms with E-state index in [2.05, 4.69) is 5.32 Å². The van der Waals surface area contributed by atoms with Crippen LogP contribution in [-0.4, -0.2) is 12.6 Å². The van der Waals surface area contributed by atoms with Crippen molar-refractivity contribution in [1.29, 1.82) is 0 Å². The third-order valence-corrected chi connectivity index (χ3v) is 4.97. The summed E-state index contributed by atoms with van der Waals surface area (Å²) in [5, 5.41) is 4.37. The minimum Gasteiger partial charge on any atom is -0.489 e. The van der Waals surface area contributed by atoms with E-state index in [1.54, 1.807) is 31.2 Å². The normalized spacial score (nSPS) is 10.4. The van der Waals surface area contributed by atoms with E-state index in [4.69, 9.17) is 32.7 Å². The molecule has 29 heavy (non-hydrogen) atoms. The van der Waals surface area contributed by atoms with Crippen LogP contribution in [0.25, 0.3) is 0 Å². The summed E-state index contributed by atoms with van der Waals surface area (Å²) >= 11 is 12.0. The van der Waals surface area contributed by atoms with Crippen molar-refractivity contribution in [3.05, 3.63) is 93.5 Å². The van der Waals surface area contributed by atoms with Crippen molar-refractivity contribution in [2.45, 2.75) is 20.1 Å². The fourth-order valence-electron chi connectivity index (χ4n) is 2.72. The molecule has 0 spiro atoms. The molecule has 0 atom stereocenters. The maximum absolute atomic E-state index is 11.7. The standard InChI is InChI=1S/C23H21Cl2NO3/c1-2-28-23(27)17-8-10-19(11-9-17)26-14-18-5-3-4-6-22(18)29-15-16-7-12-20(24)21(25)13-16/h3-13,26H,2,14-15H2,1H3. The lowest BCUT2D eigenvalue weighted by Crippen LogP contribution is -2.06. The van der Waals surface area contributed by atoms with Crippen molar-refractivity contribution >= 4 is 34.9 Å². The Balaban J connectivity index is 1.61. The van der Waals surface area contributed by atoms with Gasteiger partial charge in [0.25, 0.3) is 0 Å². The first kappa shape index (κ1) is 21.0. The molecular weight excluding hydrogens is 409 g/mol. The summed E-state index contributed by atoms with van der Waals surface area (Å²) < 4.78 is 11.0. The van der Waals surface area contributed by atoms with Crippen LogP contribution in [0.15, 0.2) is 66.7 Å². The lowest BCUT2D eigenvalue weighted by molar-refractivity contribution is 0.0526. The van der Waals surface area contributed by atoms with E-state index in [0.717, 1.165) is 22.6 Å². The summed E-state index contributed by atoms with van der Waals surface area (Å²) in [6, 6.07) is 20.5. The quantitative estimate of drug-likeness (QED) is 0.423. The number of nitrogens with one attached hydrogen (secondary N) is 1. The Kier molecular flexibility index (Phi) is 7.39. The van der Waals surface area contributed by atoms with E-state index in [9.17, 15) is 4.79 Å². The van der Waals surface area contributed by atoms with E-state index < -0.39 is 0 Å². The second kappa shape index (κ2) is 10.2. The van der Waals surface area contributed by atoms with Crippen LogP contribution in [0.3, 0.4) is 0 Å². The van der Waals surface area contributed by atoms with Gasteiger partial charge in [0.05, 0.1) is 22.2 Å². The number of para-hydroxylation sites is 1. The van der Waals surface area contributed by atoms with Crippen LogP contribution in [0.4, 0.5) is 5.69 Å². The van der Waals surface area contributed by atoms with Crippen LogP contribution in [0.1, 0.15) is 28.4 Å². The largest absolute Gasteiger partial charge is 0.489 e. The first-order valence-electron chi connectivity index (χ1n) is 9.22. The van der Waals surface area contributed by atoms with Crippen molar-refractivity contribution in [2.24, 2.45) is 0 Å². The molecule has 150 valence electrons. The van der Waals surface area contributed by atoms with Gasteiger partial charge < -0.3 is 14.8 Å². The fourth-order valence-corrected chi connectivity index (χ4v) is 3.04. The predicted molar refractivity (Wildman–Crippen MR) is 117 cm³/mol. The van der Waals surface area contributed by atoms with E-state index in [0.29, 0.717) is 35.4 Å². The number of rotatable bonds is 8. The zero-order chi connectivity index (χ0) is 20.6. The van der Waals surface area contributed by atoms with Gasteiger partial charge >= 0.3 is 5.97 Å². The molecule has 3 rings (SSSR count). The monoisotopic (exact) mass is 429 g/mol. The summed E-state index contributed by atoms with van der Waals surface area (Å²) in [5.41, 5.74) is 3.39. The second-order valence-electron chi connectivity index (χ2n) is 6.30. The van der Waals surface area contributed by atoms with Crippen LogP contribution < -0.4 is 10.1 Å². The van der Waals surface area contributed by atoms with E-state index in [-0.39, 0.29) is 5.97 Å². The molecule has 0 radical (unpaired) electrons. The molecule has 0 aromatic heterocycles. The molecule has 0 unspecified atom stereocenters. The number of ether oxygens (including phenoxy) is 2. The molecule has 0 saturated heterocycles. The third-order valence-electron chi connectivity index (χ3n) is 4.23. The van der Waals surface area contributed by atoms with Gasteiger partial charge in [-0.05, 0) is 55.0 Å². The number of carbonyl (C=O) groups is 1. The van der Waals surface area contributed by atoms with Gasteiger partial charge in [-0.1, -0.05) is 47.5 Å². The van der Waals surface area contributed by atoms with Crippen molar-refractivity contribution in [1.82, 2.24) is 0 Å². The number of anilines is 1. The molecule has 0 aliphatic carbocycles. The van der Waals surface area contributed by atoms with Gasteiger partial charge in [0.15, 0.2) is 0 Å². The lowest BCUT2D eigenvalue weighted by atomic mass is 10.1. The minimum atomic E-state index is -0.319. The molecule has 0 aliphatic heterocycles. The molecule has 0 heterocycles. The molecule has 3 aromatic rings. The topological polar surface area (TPSA) is 47.6 Å². The highest BCUT2D eigenvalue weighted by atomic mass is 35.5. The zero-order valence-corrected chi connectivity index (χ0v) is 17.5. The molecule has 3 aromatic carbocycles. The van der Waals surface area contributed by atoms with Crippen molar-refractivity contribution in [2.75, 3.05) is 11.9 Å². The SMILES string of the molecule is CCOC(=O)c1ccc(NCc2ccccc2OCc2ccc(Cl)c(Cl)c2)cc1. The van der Waals surface area contributed by atoms with Gasteiger partial charge in [0, 0.05) is 17.8 Å². The van der Waals surface area contributed by atoms with Gasteiger partial charge in [0.2, 0.25) is 0 Å². The number of halogens is 2. The molecule has 0 amide bonds. The molecule has 4 nitrogen and oxygen atoms in total. The summed E-state index contributed by atoms with van der Waals surface area (Å²) in [4.78, 5) is 11.7. The maximum atomic E-state index is 11.7. The molecule has 0 bridgehead atoms. The predicted octanol–water partition coefficient (Wildman–Crippen LogP) is 6.36. The van der Waals surface area contributed by atoms with Crippen LogP contribution in [-0.2, 0) is 17.9 Å². The molecule has 0 aliphatic rings. The smallest absolute Gasteiger partial charge is 0.338 e. The second-order valence-corrected chi connectivity index (χ2v) is 7.11. The van der Waals surface area contributed by atoms with E-state index >= 15 is 0 Å². The number of benzene rings is 3. The zero-order valence-electron chi connectivity index (χ0n) is 16.0. The highest BCUT2D eigenvalue weighted by molar-refractivity contribution is 6.42. The minimum absolute atomic E-state index is 0.319. The summed E-state index contributed by atoms with van der Waals surface area (Å²) in [5.74, 6) is 0.467. The van der Waals surface area contributed by atoms with Crippen molar-refractivity contribution in [3.8, 4) is 5.75 Å². The Hall–Kier alpha value is -2.69. The average molecular weight is 430 g/mol. The summed E-state index contributed by atoms with van der Waals surface area (Å²) in [7, 11) is 0. The van der Waals surface area contributed by atoms with Gasteiger partial charge in [-0.25, -0.2) is 4.79 Å². The van der Waals surface area contributed by atoms with E-state index in [1.165, 1.54) is 0 Å². The Bertz CT molecular complexity index is 974. The van der Waals surface area contributed by atoms with Gasteiger partial charge in [-0.3, -0.25) is 0 Å². The van der Waals surface area contributed by atoms with Gasteiger partial charge in [-0.15, -0.1) is 0 Å². The fraction of sp³-hybridized carbons (Fsp3) is 0.174. The molecular formula is C23H21Cl2NO3. The molecule has 0 fully saturated rings. The number of carbonyl (C=O) groups excluding carboxylic acids is 1. The van der Waals surface area contributed by atoms with Gasteiger partial charge in [0.1, 0.15) is 12.4 Å². The van der Waals surface area contributed by atoms with Gasteiger partial charge in [-0.2, -0.15) is 0 Å². The number of hydrogen-bond donors (Lipinski definition) is 1. The Morgan fingerprint density at radius 3 is 2.45 bits per heavy atom. The lowest BCUT2D eigenvalue weighted by Gasteiger charge is -2.13.